The van der Waals surface area contributed by atoms with Crippen LogP contribution in [0, 0.1) is 10.1 Å². The summed E-state index contributed by atoms with van der Waals surface area (Å²) < 4.78 is 0. The lowest BCUT2D eigenvalue weighted by Crippen LogP contribution is -1.86. The van der Waals surface area contributed by atoms with Crippen LogP contribution in [-0.2, 0) is 4.79 Å². The van der Waals surface area contributed by atoms with Gasteiger partial charge in [-0.05, 0) is 6.92 Å². The van der Waals surface area contributed by atoms with Crippen molar-refractivity contribution in [3.63, 3.8) is 0 Å². The van der Waals surface area contributed by atoms with Gasteiger partial charge in [0.05, 0.1) is 11.0 Å². The van der Waals surface area contributed by atoms with Gasteiger partial charge in [-0.2, -0.15) is 0 Å². The second-order valence-corrected chi connectivity index (χ2v) is 1.21. The second-order valence-electron chi connectivity index (χ2n) is 1.21. The summed E-state index contributed by atoms with van der Waals surface area (Å²) in [6.45, 7) is 1.25. The van der Waals surface area contributed by atoms with E-state index in [0.717, 1.165) is 6.08 Å². The van der Waals surface area contributed by atoms with Crippen LogP contribution >= 0.6 is 0 Å². The fourth-order valence-electron chi connectivity index (χ4n) is 0.166. The molecule has 0 spiro atoms. The summed E-state index contributed by atoms with van der Waals surface area (Å²) in [6, 6.07) is 0. The minimum Gasteiger partial charge on any atom is -0.295 e. The van der Waals surface area contributed by atoms with Gasteiger partial charge in [0.2, 0.25) is 6.20 Å². The van der Waals surface area contributed by atoms with Crippen molar-refractivity contribution in [2.75, 3.05) is 0 Å². The van der Waals surface area contributed by atoms with Crippen LogP contribution in [0.15, 0.2) is 12.3 Å². The molecule has 0 rings (SSSR count). The van der Waals surface area contributed by atoms with E-state index in [2.05, 4.69) is 0 Å². The van der Waals surface area contributed by atoms with Crippen molar-refractivity contribution in [1.29, 1.82) is 0 Å². The van der Waals surface area contributed by atoms with Gasteiger partial charge in [0, 0.05) is 0 Å². The first-order valence-electron chi connectivity index (χ1n) is 1.95. The fourth-order valence-corrected chi connectivity index (χ4v) is 0.166. The molecule has 0 radical (unpaired) electrons. The molecule has 0 aromatic carbocycles. The highest BCUT2D eigenvalue weighted by molar-refractivity contribution is 5.86. The van der Waals surface area contributed by atoms with E-state index in [0.29, 0.717) is 6.20 Å². The van der Waals surface area contributed by atoms with Gasteiger partial charge in [0.15, 0.2) is 5.78 Å². The number of hydrogen-bond donors (Lipinski definition) is 0. The molecule has 0 heterocycles. The summed E-state index contributed by atoms with van der Waals surface area (Å²) in [7, 11) is 0. The van der Waals surface area contributed by atoms with Crippen molar-refractivity contribution < 1.29 is 9.72 Å². The molecule has 0 N–H and O–H groups in total. The Balaban J connectivity index is 3.67. The minimum absolute atomic E-state index is 0.318. The molecule has 0 fully saturated rings. The van der Waals surface area contributed by atoms with Crippen LogP contribution in [0.1, 0.15) is 6.92 Å². The zero-order valence-electron chi connectivity index (χ0n) is 4.33. The van der Waals surface area contributed by atoms with E-state index in [1.807, 2.05) is 0 Å². The Kier molecular flexibility index (Phi) is 2.47. The lowest BCUT2D eigenvalue weighted by molar-refractivity contribution is -0.402. The zero-order chi connectivity index (χ0) is 6.57. The maximum absolute atomic E-state index is 9.96. The summed E-state index contributed by atoms with van der Waals surface area (Å²) in [5.74, 6) is -0.318. The van der Waals surface area contributed by atoms with Gasteiger partial charge >= 0.3 is 0 Å². The summed E-state index contributed by atoms with van der Waals surface area (Å²) in [5, 5.41) is 9.47. The third-order valence-electron chi connectivity index (χ3n) is 0.431. The Morgan fingerprint density at radius 3 is 2.38 bits per heavy atom. The molecule has 0 bridgehead atoms. The third kappa shape index (κ3) is 4.81. The highest BCUT2D eigenvalue weighted by Gasteiger charge is 1.86. The first kappa shape index (κ1) is 6.81. The van der Waals surface area contributed by atoms with Crippen molar-refractivity contribution >= 4 is 5.78 Å². The first-order valence-corrected chi connectivity index (χ1v) is 1.95. The molecule has 44 valence electrons. The van der Waals surface area contributed by atoms with Gasteiger partial charge in [-0.25, -0.2) is 0 Å². The zero-order valence-corrected chi connectivity index (χ0v) is 4.33. The van der Waals surface area contributed by atoms with Crippen LogP contribution in [0.3, 0.4) is 0 Å². The van der Waals surface area contributed by atoms with Crippen molar-refractivity contribution in [1.82, 2.24) is 0 Å². The standard InChI is InChI=1S/C4H5NO3/c1-4(6)2-3-5(7)8/h2-3H,1H3. The van der Waals surface area contributed by atoms with E-state index in [-0.39, 0.29) is 5.78 Å². The van der Waals surface area contributed by atoms with Crippen LogP contribution in [0.5, 0.6) is 0 Å². The lowest BCUT2D eigenvalue weighted by atomic mass is 10.4. The van der Waals surface area contributed by atoms with E-state index >= 15 is 0 Å². The molecule has 4 nitrogen and oxygen atoms in total. The Hall–Kier alpha value is -1.19. The summed E-state index contributed by atoms with van der Waals surface area (Å²) in [5.41, 5.74) is 0. The number of allylic oxidation sites excluding steroid dienone is 1. The quantitative estimate of drug-likeness (QED) is 0.296. The number of ketones is 1. The van der Waals surface area contributed by atoms with Gasteiger partial charge in [-0.3, -0.25) is 14.9 Å². The van der Waals surface area contributed by atoms with E-state index in [1.165, 1.54) is 6.92 Å². The van der Waals surface area contributed by atoms with Crippen LogP contribution in [-0.4, -0.2) is 10.7 Å². The van der Waals surface area contributed by atoms with Crippen molar-refractivity contribution in [3.8, 4) is 0 Å². The molecule has 0 aliphatic carbocycles. The monoisotopic (exact) mass is 115 g/mol. The van der Waals surface area contributed by atoms with Crippen molar-refractivity contribution in [2.45, 2.75) is 6.92 Å². The summed E-state index contributed by atoms with van der Waals surface area (Å²) >= 11 is 0. The number of carbonyl (C=O) groups is 1. The molecule has 4 heteroatoms. The maximum Gasteiger partial charge on any atom is 0.237 e. The molecule has 0 amide bonds. The van der Waals surface area contributed by atoms with Gasteiger partial charge < -0.3 is 0 Å². The molecule has 0 unspecified atom stereocenters. The molecule has 0 atom stereocenters. The molecule has 0 aliphatic heterocycles. The molecule has 0 aromatic heterocycles. The Morgan fingerprint density at radius 1 is 1.75 bits per heavy atom. The smallest absolute Gasteiger partial charge is 0.237 e. The molecule has 8 heavy (non-hydrogen) atoms. The van der Waals surface area contributed by atoms with Gasteiger partial charge in [0.25, 0.3) is 0 Å². The minimum atomic E-state index is -0.679. The van der Waals surface area contributed by atoms with E-state index in [9.17, 15) is 14.9 Å². The summed E-state index contributed by atoms with van der Waals surface area (Å²) in [6.07, 6.45) is 1.52. The molecular formula is C4H5NO3. The summed E-state index contributed by atoms with van der Waals surface area (Å²) in [4.78, 5) is 18.7. The Labute approximate surface area is 46.0 Å². The van der Waals surface area contributed by atoms with E-state index in [1.54, 1.807) is 0 Å². The Morgan fingerprint density at radius 2 is 2.25 bits per heavy atom. The molecule has 0 aliphatic rings. The number of nitro groups is 1. The number of nitrogens with zero attached hydrogens (tertiary/aromatic N) is 1. The fraction of sp³-hybridized carbons (Fsp3) is 0.250. The van der Waals surface area contributed by atoms with Crippen LogP contribution in [0.4, 0.5) is 0 Å². The number of carbonyl (C=O) groups excluding carboxylic acids is 1. The average molecular weight is 115 g/mol. The van der Waals surface area contributed by atoms with Crippen molar-refractivity contribution in [3.05, 3.63) is 22.4 Å². The topological polar surface area (TPSA) is 60.2 Å². The SMILES string of the molecule is CC(=O)C=C[N+](=O)[O-]. The Bertz CT molecular complexity index is 122. The molecule has 0 saturated carbocycles. The van der Waals surface area contributed by atoms with Crippen LogP contribution in [0.2, 0.25) is 0 Å². The largest absolute Gasteiger partial charge is 0.295 e. The first-order chi connectivity index (χ1) is 3.63. The maximum atomic E-state index is 9.96. The van der Waals surface area contributed by atoms with Gasteiger partial charge in [-0.15, -0.1) is 0 Å². The third-order valence-corrected chi connectivity index (χ3v) is 0.431. The normalized spacial score (nSPS) is 9.62. The van der Waals surface area contributed by atoms with E-state index < -0.39 is 4.92 Å². The predicted octanol–water partition coefficient (Wildman–Crippen LogP) is 0.366. The van der Waals surface area contributed by atoms with Gasteiger partial charge in [0.1, 0.15) is 0 Å². The predicted molar refractivity (Wildman–Crippen MR) is 26.8 cm³/mol. The average Bonchev–Trinajstić information content (AvgIpc) is 1.61. The van der Waals surface area contributed by atoms with Gasteiger partial charge in [-0.1, -0.05) is 0 Å². The lowest BCUT2D eigenvalue weighted by Gasteiger charge is -1.73. The number of rotatable bonds is 2. The highest BCUT2D eigenvalue weighted by atomic mass is 16.6. The second kappa shape index (κ2) is 2.90. The number of hydrogen-bond acceptors (Lipinski definition) is 3. The highest BCUT2D eigenvalue weighted by Crippen LogP contribution is 1.74. The molecular weight excluding hydrogens is 110 g/mol. The molecule has 0 saturated heterocycles. The van der Waals surface area contributed by atoms with Crippen molar-refractivity contribution in [2.24, 2.45) is 0 Å². The molecule has 0 aromatic rings. The van der Waals surface area contributed by atoms with Crippen LogP contribution < -0.4 is 0 Å². The van der Waals surface area contributed by atoms with E-state index in [4.69, 9.17) is 0 Å². The van der Waals surface area contributed by atoms with Crippen LogP contribution in [0.25, 0.3) is 0 Å².